The molecule has 1 heterocycles. The van der Waals surface area contributed by atoms with Gasteiger partial charge in [-0.1, -0.05) is 6.07 Å². The van der Waals surface area contributed by atoms with Crippen LogP contribution >= 0.6 is 0 Å². The van der Waals surface area contributed by atoms with Gasteiger partial charge < -0.3 is 9.88 Å². The number of aromatic nitrogens is 1. The van der Waals surface area contributed by atoms with E-state index < -0.39 is 17.6 Å². The number of hydrogen-bond acceptors (Lipinski definition) is 2. The number of nitrogens with zero attached hydrogens (tertiary/aromatic N) is 2. The monoisotopic (exact) mass is 427 g/mol. The van der Waals surface area contributed by atoms with E-state index in [2.05, 4.69) is 5.32 Å². The summed E-state index contributed by atoms with van der Waals surface area (Å²) in [5.41, 5.74) is 1.56. The zero-order valence-corrected chi connectivity index (χ0v) is 16.6. The minimum absolute atomic E-state index is 0.0715. The SMILES string of the molecule is Cc1cc(/C=C(/C#N)C(=O)Nc2cccc(C(F)(F)F)c2)c(C)n1-c1ccc(F)cc1. The first kappa shape index (κ1) is 21.8. The van der Waals surface area contributed by atoms with Crippen molar-refractivity contribution in [2.24, 2.45) is 0 Å². The molecule has 0 fully saturated rings. The highest BCUT2D eigenvalue weighted by Gasteiger charge is 2.30. The number of carbonyl (C=O) groups is 1. The minimum atomic E-state index is -4.55. The van der Waals surface area contributed by atoms with Crippen LogP contribution in [0.3, 0.4) is 0 Å². The fourth-order valence-corrected chi connectivity index (χ4v) is 3.20. The summed E-state index contributed by atoms with van der Waals surface area (Å²) in [5.74, 6) is -1.20. The lowest BCUT2D eigenvalue weighted by Crippen LogP contribution is -2.14. The van der Waals surface area contributed by atoms with E-state index in [-0.39, 0.29) is 17.1 Å². The standard InChI is InChI=1S/C23H17F4N3O/c1-14-10-16(15(2)30(14)21-8-6-19(24)7-9-21)11-17(13-28)22(31)29-20-5-3-4-18(12-20)23(25,26)27/h3-12H,1-2H3,(H,29,31)/b17-11-. The molecule has 0 aliphatic rings. The number of halogens is 4. The van der Waals surface area contributed by atoms with Gasteiger partial charge in [-0.3, -0.25) is 4.79 Å². The van der Waals surface area contributed by atoms with Crippen LogP contribution in [0.25, 0.3) is 11.8 Å². The number of nitrogens with one attached hydrogen (secondary N) is 1. The third-order valence-electron chi connectivity index (χ3n) is 4.67. The lowest BCUT2D eigenvalue weighted by atomic mass is 10.1. The molecule has 4 nitrogen and oxygen atoms in total. The molecule has 0 saturated carbocycles. The molecule has 3 aromatic rings. The van der Waals surface area contributed by atoms with Crippen LogP contribution in [0.4, 0.5) is 23.2 Å². The van der Waals surface area contributed by atoms with Crippen molar-refractivity contribution in [1.82, 2.24) is 4.57 Å². The second kappa shape index (κ2) is 8.48. The van der Waals surface area contributed by atoms with Gasteiger partial charge in [0, 0.05) is 22.8 Å². The van der Waals surface area contributed by atoms with Gasteiger partial charge in [0.05, 0.1) is 5.56 Å². The number of carbonyl (C=O) groups excluding carboxylic acids is 1. The number of aryl methyl sites for hydroxylation is 1. The fraction of sp³-hybridized carbons (Fsp3) is 0.130. The van der Waals surface area contributed by atoms with Crippen LogP contribution in [0.1, 0.15) is 22.5 Å². The Hall–Kier alpha value is -3.86. The van der Waals surface area contributed by atoms with Gasteiger partial charge in [-0.2, -0.15) is 18.4 Å². The summed E-state index contributed by atoms with van der Waals surface area (Å²) in [4.78, 5) is 12.5. The molecule has 2 aromatic carbocycles. The molecule has 158 valence electrons. The molecule has 1 amide bonds. The van der Waals surface area contributed by atoms with E-state index in [0.717, 1.165) is 17.8 Å². The van der Waals surface area contributed by atoms with Crippen LogP contribution in [0, 0.1) is 31.0 Å². The zero-order valence-electron chi connectivity index (χ0n) is 16.6. The molecule has 3 rings (SSSR count). The average Bonchev–Trinajstić information content (AvgIpc) is 2.99. The molecule has 8 heteroatoms. The first-order valence-corrected chi connectivity index (χ1v) is 9.15. The van der Waals surface area contributed by atoms with Gasteiger partial charge in [0.25, 0.3) is 5.91 Å². The van der Waals surface area contributed by atoms with Crippen molar-refractivity contribution in [3.8, 4) is 11.8 Å². The van der Waals surface area contributed by atoms with Gasteiger partial charge in [0.2, 0.25) is 0 Å². The Morgan fingerprint density at radius 2 is 1.77 bits per heavy atom. The summed E-state index contributed by atoms with van der Waals surface area (Å²) in [6.07, 6.45) is -3.18. The normalized spacial score (nSPS) is 11.8. The average molecular weight is 427 g/mol. The van der Waals surface area contributed by atoms with E-state index >= 15 is 0 Å². The van der Waals surface area contributed by atoms with E-state index in [1.165, 1.54) is 30.3 Å². The lowest BCUT2D eigenvalue weighted by Gasteiger charge is -2.10. The molecule has 1 aromatic heterocycles. The Labute approximate surface area is 176 Å². The zero-order chi connectivity index (χ0) is 22.8. The second-order valence-corrected chi connectivity index (χ2v) is 6.84. The first-order valence-electron chi connectivity index (χ1n) is 9.15. The van der Waals surface area contributed by atoms with E-state index in [0.29, 0.717) is 16.9 Å². The van der Waals surface area contributed by atoms with E-state index in [4.69, 9.17) is 0 Å². The molecular formula is C23H17F4N3O. The fourth-order valence-electron chi connectivity index (χ4n) is 3.20. The predicted octanol–water partition coefficient (Wildman–Crippen LogP) is 5.80. The summed E-state index contributed by atoms with van der Waals surface area (Å²) in [6.45, 7) is 3.60. The van der Waals surface area contributed by atoms with Crippen LogP contribution in [0.5, 0.6) is 0 Å². The van der Waals surface area contributed by atoms with Crippen molar-refractivity contribution in [2.45, 2.75) is 20.0 Å². The summed E-state index contributed by atoms with van der Waals surface area (Å²) in [6, 6.07) is 13.6. The molecule has 0 unspecified atom stereocenters. The molecule has 31 heavy (non-hydrogen) atoms. The highest BCUT2D eigenvalue weighted by atomic mass is 19.4. The quantitative estimate of drug-likeness (QED) is 0.325. The summed E-state index contributed by atoms with van der Waals surface area (Å²) >= 11 is 0. The Morgan fingerprint density at radius 1 is 1.10 bits per heavy atom. The van der Waals surface area contributed by atoms with Crippen LogP contribution in [0.2, 0.25) is 0 Å². The minimum Gasteiger partial charge on any atom is -0.321 e. The smallest absolute Gasteiger partial charge is 0.321 e. The maximum Gasteiger partial charge on any atom is 0.416 e. The van der Waals surface area contributed by atoms with Gasteiger partial charge in [-0.15, -0.1) is 0 Å². The van der Waals surface area contributed by atoms with Crippen LogP contribution in [0.15, 0.2) is 60.2 Å². The van der Waals surface area contributed by atoms with Crippen LogP contribution in [-0.2, 0) is 11.0 Å². The van der Waals surface area contributed by atoms with Crippen molar-refractivity contribution in [2.75, 3.05) is 5.32 Å². The Kier molecular flexibility index (Phi) is 5.97. The number of hydrogen-bond donors (Lipinski definition) is 1. The van der Waals surface area contributed by atoms with Crippen molar-refractivity contribution < 1.29 is 22.4 Å². The van der Waals surface area contributed by atoms with E-state index in [1.54, 1.807) is 31.2 Å². The van der Waals surface area contributed by atoms with Gasteiger partial charge in [-0.05, 0) is 74.0 Å². The molecule has 0 atom stereocenters. The van der Waals surface area contributed by atoms with E-state index in [9.17, 15) is 27.6 Å². The number of amides is 1. The Bertz CT molecular complexity index is 1200. The molecule has 0 aliphatic heterocycles. The lowest BCUT2D eigenvalue weighted by molar-refractivity contribution is -0.137. The van der Waals surface area contributed by atoms with Gasteiger partial charge in [-0.25, -0.2) is 4.39 Å². The van der Waals surface area contributed by atoms with E-state index in [1.807, 2.05) is 11.5 Å². The number of benzene rings is 2. The molecular weight excluding hydrogens is 410 g/mol. The van der Waals surface area contributed by atoms with Gasteiger partial charge >= 0.3 is 6.18 Å². The third kappa shape index (κ3) is 4.83. The topological polar surface area (TPSA) is 57.8 Å². The molecule has 0 spiro atoms. The Balaban J connectivity index is 1.90. The molecule has 1 N–H and O–H groups in total. The van der Waals surface area contributed by atoms with Crippen LogP contribution < -0.4 is 5.32 Å². The summed E-state index contributed by atoms with van der Waals surface area (Å²) in [7, 11) is 0. The van der Waals surface area contributed by atoms with Crippen LogP contribution in [-0.4, -0.2) is 10.5 Å². The third-order valence-corrected chi connectivity index (χ3v) is 4.67. The molecule has 0 aliphatic carbocycles. The van der Waals surface area contributed by atoms with Crippen molar-refractivity contribution in [3.05, 3.63) is 88.5 Å². The summed E-state index contributed by atoms with van der Waals surface area (Å²) < 4.78 is 53.7. The summed E-state index contributed by atoms with van der Waals surface area (Å²) in [5, 5.41) is 11.8. The van der Waals surface area contributed by atoms with Gasteiger partial charge in [0.15, 0.2) is 0 Å². The maximum atomic E-state index is 13.2. The van der Waals surface area contributed by atoms with Gasteiger partial charge in [0.1, 0.15) is 17.5 Å². The predicted molar refractivity (Wildman–Crippen MR) is 109 cm³/mol. The number of alkyl halides is 3. The Morgan fingerprint density at radius 3 is 2.39 bits per heavy atom. The molecule has 0 bridgehead atoms. The number of rotatable bonds is 4. The van der Waals surface area contributed by atoms with Crippen molar-refractivity contribution in [3.63, 3.8) is 0 Å². The second-order valence-electron chi connectivity index (χ2n) is 6.84. The van der Waals surface area contributed by atoms with Crippen molar-refractivity contribution in [1.29, 1.82) is 5.26 Å². The van der Waals surface area contributed by atoms with Crippen molar-refractivity contribution >= 4 is 17.7 Å². The molecule has 0 radical (unpaired) electrons. The first-order chi connectivity index (χ1) is 14.6. The number of nitriles is 1. The largest absolute Gasteiger partial charge is 0.416 e. The number of anilines is 1. The maximum absolute atomic E-state index is 13.2. The molecule has 0 saturated heterocycles. The highest BCUT2D eigenvalue weighted by molar-refractivity contribution is 6.09. The highest BCUT2D eigenvalue weighted by Crippen LogP contribution is 2.31.